The Kier molecular flexibility index (Phi) is 4.07. The van der Waals surface area contributed by atoms with Crippen molar-refractivity contribution in [3.63, 3.8) is 0 Å². The molecule has 98 valence electrons. The van der Waals surface area contributed by atoms with Crippen LogP contribution in [0.15, 0.2) is 45.8 Å². The number of hydrogen-bond acceptors (Lipinski definition) is 2. The first-order valence-electron chi connectivity index (χ1n) is 5.40. The number of carbonyl (C=O) groups excluding carboxylic acids is 1. The molecule has 0 saturated heterocycles. The average Bonchev–Trinajstić information content (AvgIpc) is 2.33. The third-order valence-corrected chi connectivity index (χ3v) is 3.41. The molecule has 2 rings (SSSR count). The second kappa shape index (κ2) is 5.59. The maximum Gasteiger partial charge on any atom is 0.256 e. The molecule has 0 aliphatic heterocycles. The topological polar surface area (TPSA) is 51.1 Å². The van der Waals surface area contributed by atoms with Gasteiger partial charge in [-0.1, -0.05) is 11.6 Å². The molecular formula is C13H10BrClN2O2. The Morgan fingerprint density at radius 3 is 2.68 bits per heavy atom. The molecule has 2 aromatic rings. The first kappa shape index (κ1) is 13.8. The molecule has 0 atom stereocenters. The highest BCUT2D eigenvalue weighted by atomic mass is 79.9. The van der Waals surface area contributed by atoms with E-state index in [0.29, 0.717) is 20.7 Å². The molecule has 1 amide bonds. The Morgan fingerprint density at radius 1 is 1.32 bits per heavy atom. The van der Waals surface area contributed by atoms with Gasteiger partial charge in [0.2, 0.25) is 5.56 Å². The fourth-order valence-corrected chi connectivity index (χ4v) is 2.40. The van der Waals surface area contributed by atoms with Crippen molar-refractivity contribution in [1.82, 2.24) is 4.57 Å². The summed E-state index contributed by atoms with van der Waals surface area (Å²) in [5.74, 6) is -0.276. The van der Waals surface area contributed by atoms with Crippen molar-refractivity contribution < 1.29 is 4.79 Å². The normalized spacial score (nSPS) is 10.3. The molecule has 0 fully saturated rings. The molecule has 0 bridgehead atoms. The minimum absolute atomic E-state index is 0.134. The van der Waals surface area contributed by atoms with Crippen molar-refractivity contribution in [2.45, 2.75) is 0 Å². The van der Waals surface area contributed by atoms with Gasteiger partial charge in [0.25, 0.3) is 5.91 Å². The predicted molar refractivity (Wildman–Crippen MR) is 78.8 cm³/mol. The van der Waals surface area contributed by atoms with Gasteiger partial charge < -0.3 is 9.88 Å². The highest BCUT2D eigenvalue weighted by Gasteiger charge is 2.10. The minimum atomic E-state index is -0.276. The Hall–Kier alpha value is -1.59. The lowest BCUT2D eigenvalue weighted by Crippen LogP contribution is -2.18. The number of rotatable bonds is 2. The van der Waals surface area contributed by atoms with Crippen LogP contribution >= 0.6 is 27.5 Å². The Labute approximate surface area is 123 Å². The number of amides is 1. The predicted octanol–water partition coefficient (Wildman–Crippen LogP) is 3.05. The number of anilines is 1. The van der Waals surface area contributed by atoms with Crippen LogP contribution in [0.5, 0.6) is 0 Å². The zero-order chi connectivity index (χ0) is 14.0. The molecule has 6 heteroatoms. The zero-order valence-electron chi connectivity index (χ0n) is 9.98. The third kappa shape index (κ3) is 3.24. The number of pyridine rings is 1. The molecule has 0 saturated carbocycles. The van der Waals surface area contributed by atoms with Gasteiger partial charge in [0.1, 0.15) is 0 Å². The number of hydrogen-bond donors (Lipinski definition) is 1. The molecular weight excluding hydrogens is 332 g/mol. The van der Waals surface area contributed by atoms with Crippen molar-refractivity contribution in [1.29, 1.82) is 0 Å². The summed E-state index contributed by atoms with van der Waals surface area (Å²) in [6.07, 6.45) is 1.56. The summed E-state index contributed by atoms with van der Waals surface area (Å²) < 4.78 is 2.01. The van der Waals surface area contributed by atoms with E-state index in [1.807, 2.05) is 0 Å². The molecule has 4 nitrogen and oxygen atoms in total. The van der Waals surface area contributed by atoms with Gasteiger partial charge in [-0.05, 0) is 40.2 Å². The maximum absolute atomic E-state index is 12.1. The Bertz CT molecular complexity index is 697. The smallest absolute Gasteiger partial charge is 0.256 e. The molecule has 1 aromatic carbocycles. The lowest BCUT2D eigenvalue weighted by Gasteiger charge is -2.08. The summed E-state index contributed by atoms with van der Waals surface area (Å²) >= 11 is 9.11. The molecule has 1 N–H and O–H groups in total. The third-order valence-electron chi connectivity index (χ3n) is 2.52. The van der Waals surface area contributed by atoms with E-state index in [1.165, 1.54) is 10.6 Å². The number of nitrogens with zero attached hydrogens (tertiary/aromatic N) is 1. The van der Waals surface area contributed by atoms with Crippen molar-refractivity contribution in [3.05, 3.63) is 61.9 Å². The van der Waals surface area contributed by atoms with Crippen LogP contribution in [0, 0.1) is 0 Å². The highest BCUT2D eigenvalue weighted by Crippen LogP contribution is 2.22. The van der Waals surface area contributed by atoms with Crippen LogP contribution < -0.4 is 10.9 Å². The highest BCUT2D eigenvalue weighted by molar-refractivity contribution is 9.10. The van der Waals surface area contributed by atoms with Crippen molar-refractivity contribution in [3.8, 4) is 0 Å². The molecule has 0 aliphatic rings. The largest absolute Gasteiger partial charge is 0.321 e. The fraction of sp³-hybridized carbons (Fsp3) is 0.0769. The van der Waals surface area contributed by atoms with E-state index in [2.05, 4.69) is 21.2 Å². The second-order valence-electron chi connectivity index (χ2n) is 3.95. The number of aromatic nitrogens is 1. The monoisotopic (exact) mass is 340 g/mol. The van der Waals surface area contributed by atoms with Crippen LogP contribution in [0.3, 0.4) is 0 Å². The van der Waals surface area contributed by atoms with E-state index in [4.69, 9.17) is 11.6 Å². The minimum Gasteiger partial charge on any atom is -0.321 e. The van der Waals surface area contributed by atoms with Crippen molar-refractivity contribution in [2.24, 2.45) is 7.05 Å². The van der Waals surface area contributed by atoms with Crippen LogP contribution in [0.1, 0.15) is 10.4 Å². The van der Waals surface area contributed by atoms with E-state index in [-0.39, 0.29) is 11.5 Å². The van der Waals surface area contributed by atoms with Gasteiger partial charge in [0.15, 0.2) is 0 Å². The first-order chi connectivity index (χ1) is 8.97. The summed E-state index contributed by atoms with van der Waals surface area (Å²) in [5, 5.41) is 3.26. The SMILES string of the molecule is Cn1cc(NC(=O)c2ccc(Cl)cc2Br)ccc1=O. The van der Waals surface area contributed by atoms with Crippen molar-refractivity contribution in [2.75, 3.05) is 5.32 Å². The first-order valence-corrected chi connectivity index (χ1v) is 6.57. The summed E-state index contributed by atoms with van der Waals surface area (Å²) in [6, 6.07) is 7.87. The van der Waals surface area contributed by atoms with Gasteiger partial charge in [-0.3, -0.25) is 9.59 Å². The van der Waals surface area contributed by atoms with E-state index >= 15 is 0 Å². The summed E-state index contributed by atoms with van der Waals surface area (Å²) in [5.41, 5.74) is 0.887. The molecule has 1 heterocycles. The maximum atomic E-state index is 12.1. The van der Waals surface area contributed by atoms with Gasteiger partial charge in [-0.2, -0.15) is 0 Å². The van der Waals surface area contributed by atoms with Gasteiger partial charge in [-0.25, -0.2) is 0 Å². The molecule has 1 aromatic heterocycles. The lowest BCUT2D eigenvalue weighted by molar-refractivity contribution is 0.102. The quantitative estimate of drug-likeness (QED) is 0.913. The standard InChI is InChI=1S/C13H10BrClN2O2/c1-17-7-9(3-5-12(17)18)16-13(19)10-4-2-8(15)6-11(10)14/h2-7H,1H3,(H,16,19). The van der Waals surface area contributed by atoms with Gasteiger partial charge in [-0.15, -0.1) is 0 Å². The van der Waals surface area contributed by atoms with E-state index < -0.39 is 0 Å². The summed E-state index contributed by atoms with van der Waals surface area (Å²) in [6.45, 7) is 0. The van der Waals surface area contributed by atoms with Crippen LogP contribution in [0.25, 0.3) is 0 Å². The zero-order valence-corrected chi connectivity index (χ0v) is 12.3. The molecule has 0 unspecified atom stereocenters. The lowest BCUT2D eigenvalue weighted by atomic mass is 10.2. The average molecular weight is 342 g/mol. The van der Waals surface area contributed by atoms with Gasteiger partial charge >= 0.3 is 0 Å². The molecule has 0 aliphatic carbocycles. The molecule has 0 spiro atoms. The van der Waals surface area contributed by atoms with E-state index in [1.54, 1.807) is 37.5 Å². The number of aryl methyl sites for hydroxylation is 1. The second-order valence-corrected chi connectivity index (χ2v) is 5.24. The van der Waals surface area contributed by atoms with Crippen LogP contribution in [-0.4, -0.2) is 10.5 Å². The summed E-state index contributed by atoms with van der Waals surface area (Å²) in [7, 11) is 1.62. The Balaban J connectivity index is 2.25. The van der Waals surface area contributed by atoms with Gasteiger partial charge in [0.05, 0.1) is 11.3 Å². The van der Waals surface area contributed by atoms with Gasteiger partial charge in [0, 0.05) is 28.8 Å². The van der Waals surface area contributed by atoms with E-state index in [0.717, 1.165) is 0 Å². The van der Waals surface area contributed by atoms with E-state index in [9.17, 15) is 9.59 Å². The van der Waals surface area contributed by atoms with Crippen LogP contribution in [0.2, 0.25) is 5.02 Å². The Morgan fingerprint density at radius 2 is 2.05 bits per heavy atom. The van der Waals surface area contributed by atoms with Crippen LogP contribution in [0.4, 0.5) is 5.69 Å². The van der Waals surface area contributed by atoms with Crippen LogP contribution in [-0.2, 0) is 7.05 Å². The number of nitrogens with one attached hydrogen (secondary N) is 1. The number of halogens is 2. The van der Waals surface area contributed by atoms with Crippen molar-refractivity contribution >= 4 is 39.1 Å². The molecule has 0 radical (unpaired) electrons. The molecule has 19 heavy (non-hydrogen) atoms. The summed E-state index contributed by atoms with van der Waals surface area (Å²) in [4.78, 5) is 23.3. The fourth-order valence-electron chi connectivity index (χ4n) is 1.54. The number of carbonyl (C=O) groups is 1. The number of benzene rings is 1.